The molecule has 0 atom stereocenters. The number of H-pyrrole nitrogens is 1. The number of nitrogens with one attached hydrogen (secondary N) is 1. The van der Waals surface area contributed by atoms with E-state index in [0.717, 1.165) is 34.8 Å². The fraction of sp³-hybridized carbons (Fsp3) is 0.158. The smallest absolute Gasteiger partial charge is 0.159 e. The topological polar surface area (TPSA) is 46.5 Å². The molecule has 0 spiro atoms. The van der Waals surface area contributed by atoms with Crippen LogP contribution in [-0.2, 0) is 6.54 Å². The molecule has 1 radical (unpaired) electrons. The van der Waals surface area contributed by atoms with E-state index in [2.05, 4.69) is 60.2 Å². The van der Waals surface area contributed by atoms with Crippen molar-refractivity contribution in [1.29, 1.82) is 0 Å². The van der Waals surface area contributed by atoms with E-state index in [0.29, 0.717) is 0 Å². The molecule has 0 aliphatic carbocycles. The molecule has 23 heavy (non-hydrogen) atoms. The van der Waals surface area contributed by atoms with E-state index in [4.69, 9.17) is 5.10 Å². The van der Waals surface area contributed by atoms with E-state index in [9.17, 15) is 0 Å². The zero-order chi connectivity index (χ0) is 15.8. The monoisotopic (exact) mass is 301 g/mol. The summed E-state index contributed by atoms with van der Waals surface area (Å²) < 4.78 is 2.01. The second kappa shape index (κ2) is 5.39. The SMILES string of the molecule is Cc1ccc(Cn2nc(-c3nc4cc[c]cc4[nH]3)cc2C)cc1. The number of benzene rings is 2. The predicted molar refractivity (Wildman–Crippen MR) is 91.2 cm³/mol. The van der Waals surface area contributed by atoms with Crippen LogP contribution in [-0.4, -0.2) is 19.7 Å². The number of nitrogens with zero attached hydrogens (tertiary/aromatic N) is 3. The lowest BCUT2D eigenvalue weighted by atomic mass is 10.1. The number of aryl methyl sites for hydroxylation is 2. The Morgan fingerprint density at radius 3 is 2.74 bits per heavy atom. The molecular formula is C19H17N4. The molecule has 0 aliphatic heterocycles. The van der Waals surface area contributed by atoms with Gasteiger partial charge in [0.2, 0.25) is 0 Å². The zero-order valence-corrected chi connectivity index (χ0v) is 13.2. The molecule has 4 aromatic rings. The molecule has 0 saturated heterocycles. The summed E-state index contributed by atoms with van der Waals surface area (Å²) in [4.78, 5) is 7.91. The van der Waals surface area contributed by atoms with Gasteiger partial charge < -0.3 is 4.98 Å². The van der Waals surface area contributed by atoms with Crippen LogP contribution in [0.3, 0.4) is 0 Å². The zero-order valence-electron chi connectivity index (χ0n) is 13.2. The molecule has 4 heteroatoms. The lowest BCUT2D eigenvalue weighted by Crippen LogP contribution is -2.03. The summed E-state index contributed by atoms with van der Waals surface area (Å²) >= 11 is 0. The van der Waals surface area contributed by atoms with E-state index in [1.165, 1.54) is 11.1 Å². The molecule has 4 rings (SSSR count). The highest BCUT2D eigenvalue weighted by atomic mass is 15.3. The average Bonchev–Trinajstić information content (AvgIpc) is 3.13. The largest absolute Gasteiger partial charge is 0.337 e. The molecule has 4 nitrogen and oxygen atoms in total. The van der Waals surface area contributed by atoms with Crippen LogP contribution >= 0.6 is 0 Å². The number of hydrogen-bond donors (Lipinski definition) is 1. The normalized spacial score (nSPS) is 11.2. The Labute approximate surface area is 134 Å². The minimum atomic E-state index is 0.764. The minimum Gasteiger partial charge on any atom is -0.337 e. The van der Waals surface area contributed by atoms with Gasteiger partial charge in [-0.1, -0.05) is 35.9 Å². The molecule has 0 amide bonds. The van der Waals surface area contributed by atoms with Crippen molar-refractivity contribution < 1.29 is 0 Å². The number of rotatable bonds is 3. The fourth-order valence-electron chi connectivity index (χ4n) is 2.67. The Morgan fingerprint density at radius 2 is 1.96 bits per heavy atom. The first-order valence-corrected chi connectivity index (χ1v) is 7.65. The fourth-order valence-corrected chi connectivity index (χ4v) is 2.67. The van der Waals surface area contributed by atoms with Crippen LogP contribution in [0.5, 0.6) is 0 Å². The van der Waals surface area contributed by atoms with Crippen LogP contribution in [0.1, 0.15) is 16.8 Å². The second-order valence-corrected chi connectivity index (χ2v) is 5.84. The van der Waals surface area contributed by atoms with E-state index < -0.39 is 0 Å². The van der Waals surface area contributed by atoms with Gasteiger partial charge in [0.15, 0.2) is 5.82 Å². The van der Waals surface area contributed by atoms with Gasteiger partial charge >= 0.3 is 0 Å². The van der Waals surface area contributed by atoms with E-state index in [1.807, 2.05) is 22.9 Å². The number of fused-ring (bicyclic) bond motifs is 1. The molecule has 0 unspecified atom stereocenters. The maximum absolute atomic E-state index is 4.71. The third-order valence-corrected chi connectivity index (χ3v) is 4.00. The highest BCUT2D eigenvalue weighted by molar-refractivity contribution is 5.78. The highest BCUT2D eigenvalue weighted by Crippen LogP contribution is 2.20. The Hall–Kier alpha value is -2.88. The van der Waals surface area contributed by atoms with E-state index in [-0.39, 0.29) is 0 Å². The maximum atomic E-state index is 4.71. The molecule has 2 aromatic carbocycles. The molecule has 2 heterocycles. The summed E-state index contributed by atoms with van der Waals surface area (Å²) in [7, 11) is 0. The predicted octanol–water partition coefficient (Wildman–Crippen LogP) is 3.89. The third kappa shape index (κ3) is 2.63. The van der Waals surface area contributed by atoms with Crippen LogP contribution in [0, 0.1) is 19.9 Å². The van der Waals surface area contributed by atoms with Gasteiger partial charge in [-0.3, -0.25) is 4.68 Å². The number of aromatic nitrogens is 4. The third-order valence-electron chi connectivity index (χ3n) is 4.00. The molecule has 0 saturated carbocycles. The Balaban J connectivity index is 1.67. The Bertz CT molecular complexity index is 928. The van der Waals surface area contributed by atoms with Gasteiger partial charge in [0.05, 0.1) is 17.6 Å². The average molecular weight is 301 g/mol. The summed E-state index contributed by atoms with van der Waals surface area (Å²) in [5.74, 6) is 0.797. The highest BCUT2D eigenvalue weighted by Gasteiger charge is 2.11. The van der Waals surface area contributed by atoms with Crippen molar-refractivity contribution in [1.82, 2.24) is 19.7 Å². The minimum absolute atomic E-state index is 0.764. The maximum Gasteiger partial charge on any atom is 0.159 e. The van der Waals surface area contributed by atoms with Crippen LogP contribution in [0.25, 0.3) is 22.6 Å². The van der Waals surface area contributed by atoms with Crippen LogP contribution in [0.4, 0.5) is 0 Å². The Morgan fingerprint density at radius 1 is 1.13 bits per heavy atom. The molecule has 113 valence electrons. The van der Waals surface area contributed by atoms with Crippen molar-refractivity contribution in [3.8, 4) is 11.5 Å². The first kappa shape index (κ1) is 13.8. The van der Waals surface area contributed by atoms with E-state index >= 15 is 0 Å². The number of aromatic amines is 1. The molecule has 1 N–H and O–H groups in total. The van der Waals surface area contributed by atoms with Gasteiger partial charge in [-0.05, 0) is 43.7 Å². The number of hydrogen-bond acceptors (Lipinski definition) is 2. The molecular weight excluding hydrogens is 284 g/mol. The molecule has 0 bridgehead atoms. The quantitative estimate of drug-likeness (QED) is 0.624. The van der Waals surface area contributed by atoms with Gasteiger partial charge in [0.25, 0.3) is 0 Å². The van der Waals surface area contributed by atoms with Crippen LogP contribution < -0.4 is 0 Å². The summed E-state index contributed by atoms with van der Waals surface area (Å²) in [6, 6.07) is 19.4. The van der Waals surface area contributed by atoms with Crippen molar-refractivity contribution in [2.45, 2.75) is 20.4 Å². The van der Waals surface area contributed by atoms with Gasteiger partial charge in [0, 0.05) is 5.69 Å². The van der Waals surface area contributed by atoms with Crippen LogP contribution in [0.2, 0.25) is 0 Å². The van der Waals surface area contributed by atoms with Crippen molar-refractivity contribution in [2.24, 2.45) is 0 Å². The number of imidazole rings is 1. The van der Waals surface area contributed by atoms with Gasteiger partial charge in [-0.2, -0.15) is 5.10 Å². The van der Waals surface area contributed by atoms with Gasteiger partial charge in [-0.25, -0.2) is 4.98 Å². The second-order valence-electron chi connectivity index (χ2n) is 5.84. The summed E-state index contributed by atoms with van der Waals surface area (Å²) in [5.41, 5.74) is 6.41. The first-order valence-electron chi connectivity index (χ1n) is 7.65. The first-order chi connectivity index (χ1) is 11.2. The van der Waals surface area contributed by atoms with Gasteiger partial charge in [0.1, 0.15) is 5.69 Å². The molecule has 0 fully saturated rings. The van der Waals surface area contributed by atoms with Crippen molar-refractivity contribution in [3.05, 3.63) is 71.4 Å². The van der Waals surface area contributed by atoms with Crippen LogP contribution in [0.15, 0.2) is 48.5 Å². The van der Waals surface area contributed by atoms with Gasteiger partial charge in [-0.15, -0.1) is 0 Å². The standard InChI is InChI=1S/C19H17N4/c1-13-7-9-15(10-8-13)12-23-14(2)11-18(22-23)19-20-16-5-3-4-6-17(16)21-19/h3,5-11H,12H2,1-2H3,(H,20,21). The summed E-state index contributed by atoms with van der Waals surface area (Å²) in [6.45, 7) is 4.93. The lowest BCUT2D eigenvalue weighted by molar-refractivity contribution is 0.666. The van der Waals surface area contributed by atoms with Crippen molar-refractivity contribution >= 4 is 11.0 Å². The van der Waals surface area contributed by atoms with Crippen molar-refractivity contribution in [3.63, 3.8) is 0 Å². The summed E-state index contributed by atoms with van der Waals surface area (Å²) in [5, 5.41) is 4.71. The van der Waals surface area contributed by atoms with Crippen molar-refractivity contribution in [2.75, 3.05) is 0 Å². The summed E-state index contributed by atoms with van der Waals surface area (Å²) in [6.07, 6.45) is 0. The van der Waals surface area contributed by atoms with E-state index in [1.54, 1.807) is 0 Å². The Kier molecular flexibility index (Phi) is 3.23. The molecule has 2 aromatic heterocycles. The lowest BCUT2D eigenvalue weighted by Gasteiger charge is -2.04. The molecule has 0 aliphatic rings.